The van der Waals surface area contributed by atoms with Gasteiger partial charge >= 0.3 is 5.97 Å². The van der Waals surface area contributed by atoms with E-state index in [1.165, 1.54) is 24.0 Å². The molecule has 1 aliphatic carbocycles. The second-order valence-corrected chi connectivity index (χ2v) is 6.54. The highest BCUT2D eigenvalue weighted by Gasteiger charge is 2.28. The number of carbonyl (C=O) groups excluding carboxylic acids is 2. The van der Waals surface area contributed by atoms with Crippen molar-refractivity contribution in [3.63, 3.8) is 0 Å². The maximum absolute atomic E-state index is 12.5. The number of esters is 1. The zero-order valence-electron chi connectivity index (χ0n) is 13.8. The van der Waals surface area contributed by atoms with E-state index in [4.69, 9.17) is 4.74 Å². The van der Waals surface area contributed by atoms with Gasteiger partial charge in [0.1, 0.15) is 0 Å². The molecule has 1 aromatic carbocycles. The molecule has 4 heteroatoms. The molecule has 23 heavy (non-hydrogen) atoms. The molecule has 0 aromatic heterocycles. The summed E-state index contributed by atoms with van der Waals surface area (Å²) in [5, 5.41) is 0. The van der Waals surface area contributed by atoms with Gasteiger partial charge in [-0.1, -0.05) is 18.2 Å². The number of benzene rings is 1. The molecule has 0 unspecified atom stereocenters. The monoisotopic (exact) mass is 315 g/mol. The quantitative estimate of drug-likeness (QED) is 0.802. The molecule has 1 heterocycles. The molecule has 0 N–H and O–H groups in total. The molecule has 0 radical (unpaired) electrons. The molecule has 0 spiro atoms. The number of amides is 1. The van der Waals surface area contributed by atoms with Crippen LogP contribution in [0.2, 0.25) is 0 Å². The van der Waals surface area contributed by atoms with E-state index in [1.54, 1.807) is 0 Å². The minimum atomic E-state index is -0.113. The highest BCUT2D eigenvalue weighted by molar-refractivity contribution is 5.79. The Morgan fingerprint density at radius 2 is 1.91 bits per heavy atom. The Labute approximate surface area is 137 Å². The molecule has 0 saturated carbocycles. The van der Waals surface area contributed by atoms with Gasteiger partial charge in [-0.25, -0.2) is 0 Å². The first-order chi connectivity index (χ1) is 11.2. The van der Waals surface area contributed by atoms with E-state index < -0.39 is 0 Å². The molecular formula is C19H25NO3. The van der Waals surface area contributed by atoms with Gasteiger partial charge in [0.2, 0.25) is 5.91 Å². The van der Waals surface area contributed by atoms with Crippen molar-refractivity contribution in [2.24, 2.45) is 5.92 Å². The average molecular weight is 315 g/mol. The largest absolute Gasteiger partial charge is 0.466 e. The van der Waals surface area contributed by atoms with Crippen LogP contribution in [0.5, 0.6) is 0 Å². The second kappa shape index (κ2) is 7.16. The van der Waals surface area contributed by atoms with Gasteiger partial charge in [0.05, 0.1) is 18.9 Å². The zero-order valence-corrected chi connectivity index (χ0v) is 13.8. The molecule has 124 valence electrons. The van der Waals surface area contributed by atoms with Gasteiger partial charge in [-0.05, 0) is 55.7 Å². The third-order valence-corrected chi connectivity index (χ3v) is 4.99. The van der Waals surface area contributed by atoms with Crippen LogP contribution in [0.1, 0.15) is 42.9 Å². The van der Waals surface area contributed by atoms with Gasteiger partial charge in [0.25, 0.3) is 0 Å². The molecule has 3 rings (SSSR count). The average Bonchev–Trinajstić information content (AvgIpc) is 3.03. The van der Waals surface area contributed by atoms with Crippen LogP contribution < -0.4 is 0 Å². The minimum Gasteiger partial charge on any atom is -0.466 e. The van der Waals surface area contributed by atoms with Crippen LogP contribution in [0.25, 0.3) is 0 Å². The van der Waals surface area contributed by atoms with Crippen LogP contribution in [-0.2, 0) is 33.6 Å². The van der Waals surface area contributed by atoms with E-state index in [0.717, 1.165) is 24.8 Å². The SMILES string of the molecule is CCOC(=O)C1CCN(C(=O)Cc2ccc3c(c2)CCC3)CC1. The Kier molecular flexibility index (Phi) is 4.99. The Balaban J connectivity index is 1.53. The summed E-state index contributed by atoms with van der Waals surface area (Å²) < 4.78 is 5.07. The predicted octanol–water partition coefficient (Wildman–Crippen LogP) is 2.52. The van der Waals surface area contributed by atoms with Crippen LogP contribution >= 0.6 is 0 Å². The molecular weight excluding hydrogens is 290 g/mol. The third-order valence-electron chi connectivity index (χ3n) is 4.99. The van der Waals surface area contributed by atoms with E-state index in [2.05, 4.69) is 18.2 Å². The third kappa shape index (κ3) is 3.74. The van der Waals surface area contributed by atoms with Crippen molar-refractivity contribution in [3.8, 4) is 0 Å². The summed E-state index contributed by atoms with van der Waals surface area (Å²) in [6, 6.07) is 6.47. The first-order valence-electron chi connectivity index (χ1n) is 8.72. The zero-order chi connectivity index (χ0) is 16.2. The van der Waals surface area contributed by atoms with Crippen LogP contribution in [0, 0.1) is 5.92 Å². The summed E-state index contributed by atoms with van der Waals surface area (Å²) in [5.74, 6) is 0.0162. The van der Waals surface area contributed by atoms with Gasteiger partial charge in [0, 0.05) is 13.1 Å². The van der Waals surface area contributed by atoms with Gasteiger partial charge in [-0.2, -0.15) is 0 Å². The molecule has 1 amide bonds. The van der Waals surface area contributed by atoms with Gasteiger partial charge in [0.15, 0.2) is 0 Å². The second-order valence-electron chi connectivity index (χ2n) is 6.54. The van der Waals surface area contributed by atoms with Crippen LogP contribution in [0.15, 0.2) is 18.2 Å². The predicted molar refractivity (Wildman–Crippen MR) is 88.1 cm³/mol. The van der Waals surface area contributed by atoms with Gasteiger partial charge in [-0.3, -0.25) is 9.59 Å². The van der Waals surface area contributed by atoms with Gasteiger partial charge < -0.3 is 9.64 Å². The number of ether oxygens (including phenoxy) is 1. The maximum atomic E-state index is 12.5. The fraction of sp³-hybridized carbons (Fsp3) is 0.579. The standard InChI is InChI=1S/C19H25NO3/c1-2-23-19(22)16-8-10-20(11-9-16)18(21)13-14-6-7-15-4-3-5-17(15)12-14/h6-7,12,16H,2-5,8-11,13H2,1H3. The van der Waals surface area contributed by atoms with E-state index in [0.29, 0.717) is 26.1 Å². The summed E-state index contributed by atoms with van der Waals surface area (Å²) in [5.41, 5.74) is 3.97. The van der Waals surface area contributed by atoms with E-state index in [9.17, 15) is 9.59 Å². The minimum absolute atomic E-state index is 0.0426. The summed E-state index contributed by atoms with van der Waals surface area (Å²) >= 11 is 0. The van der Waals surface area contributed by atoms with Crippen molar-refractivity contribution in [1.29, 1.82) is 0 Å². The normalized spacial score (nSPS) is 17.9. The molecule has 1 aliphatic heterocycles. The highest BCUT2D eigenvalue weighted by atomic mass is 16.5. The molecule has 0 atom stereocenters. The van der Waals surface area contributed by atoms with Crippen LogP contribution in [0.3, 0.4) is 0 Å². The van der Waals surface area contributed by atoms with Crippen molar-refractivity contribution in [2.75, 3.05) is 19.7 Å². The molecule has 2 aliphatic rings. The lowest BCUT2D eigenvalue weighted by Crippen LogP contribution is -2.41. The first-order valence-corrected chi connectivity index (χ1v) is 8.72. The number of fused-ring (bicyclic) bond motifs is 1. The van der Waals surface area contributed by atoms with Crippen LogP contribution in [0.4, 0.5) is 0 Å². The molecule has 4 nitrogen and oxygen atoms in total. The van der Waals surface area contributed by atoms with Crippen molar-refractivity contribution in [3.05, 3.63) is 34.9 Å². The Morgan fingerprint density at radius 3 is 2.65 bits per heavy atom. The fourth-order valence-corrected chi connectivity index (χ4v) is 3.65. The lowest BCUT2D eigenvalue weighted by molar-refractivity contribution is -0.151. The number of nitrogens with zero attached hydrogens (tertiary/aromatic N) is 1. The summed E-state index contributed by atoms with van der Waals surface area (Å²) in [4.78, 5) is 26.1. The summed E-state index contributed by atoms with van der Waals surface area (Å²) in [7, 11) is 0. The van der Waals surface area contributed by atoms with Crippen molar-refractivity contribution in [2.45, 2.75) is 45.4 Å². The summed E-state index contributed by atoms with van der Waals surface area (Å²) in [6.07, 6.45) is 5.45. The molecule has 1 aromatic rings. The van der Waals surface area contributed by atoms with Crippen molar-refractivity contribution in [1.82, 2.24) is 4.90 Å². The smallest absolute Gasteiger partial charge is 0.309 e. The van der Waals surface area contributed by atoms with Crippen molar-refractivity contribution >= 4 is 11.9 Å². The Bertz CT molecular complexity index is 588. The van der Waals surface area contributed by atoms with E-state index in [1.807, 2.05) is 11.8 Å². The Morgan fingerprint density at radius 1 is 1.17 bits per heavy atom. The molecule has 1 saturated heterocycles. The highest BCUT2D eigenvalue weighted by Crippen LogP contribution is 2.24. The molecule has 0 bridgehead atoms. The fourth-order valence-electron chi connectivity index (χ4n) is 3.65. The number of hydrogen-bond donors (Lipinski definition) is 0. The number of rotatable bonds is 4. The number of likely N-dealkylation sites (tertiary alicyclic amines) is 1. The number of piperidine rings is 1. The summed E-state index contributed by atoms with van der Waals surface area (Å²) in [6.45, 7) is 3.57. The van der Waals surface area contributed by atoms with E-state index in [-0.39, 0.29) is 17.8 Å². The number of aryl methyl sites for hydroxylation is 2. The lowest BCUT2D eigenvalue weighted by atomic mass is 9.96. The maximum Gasteiger partial charge on any atom is 0.309 e. The lowest BCUT2D eigenvalue weighted by Gasteiger charge is -2.31. The first kappa shape index (κ1) is 16.0. The van der Waals surface area contributed by atoms with Crippen LogP contribution in [-0.4, -0.2) is 36.5 Å². The molecule has 1 fully saturated rings. The van der Waals surface area contributed by atoms with E-state index >= 15 is 0 Å². The Hall–Kier alpha value is -1.84. The van der Waals surface area contributed by atoms with Crippen molar-refractivity contribution < 1.29 is 14.3 Å². The number of hydrogen-bond acceptors (Lipinski definition) is 3. The topological polar surface area (TPSA) is 46.6 Å². The van der Waals surface area contributed by atoms with Gasteiger partial charge in [-0.15, -0.1) is 0 Å². The number of carbonyl (C=O) groups is 2.